The average molecular weight is 421 g/mol. The van der Waals surface area contributed by atoms with Crippen LogP contribution in [0.1, 0.15) is 58.1 Å². The van der Waals surface area contributed by atoms with Crippen LogP contribution in [0.5, 0.6) is 0 Å². The van der Waals surface area contributed by atoms with Gasteiger partial charge in [-0.15, -0.1) is 0 Å². The van der Waals surface area contributed by atoms with Crippen LogP contribution in [0.25, 0.3) is 0 Å². The van der Waals surface area contributed by atoms with Gasteiger partial charge in [-0.05, 0) is 42.7 Å². The maximum Gasteiger partial charge on any atom is 0.329 e. The van der Waals surface area contributed by atoms with Gasteiger partial charge in [-0.25, -0.2) is 9.78 Å². The van der Waals surface area contributed by atoms with Crippen molar-refractivity contribution in [2.45, 2.75) is 33.2 Å². The number of benzene rings is 1. The number of aromatic amines is 1. The molecule has 0 bridgehead atoms. The number of anilines is 1. The summed E-state index contributed by atoms with van der Waals surface area (Å²) < 4.78 is 15.3. The topological polar surface area (TPSA) is 135 Å². The molecule has 0 saturated carbocycles. The first kappa shape index (κ1) is 21.6. The number of carbonyl (C=O) groups is 1. The Morgan fingerprint density at radius 1 is 1.29 bits per heavy atom. The van der Waals surface area contributed by atoms with Crippen LogP contribution in [0.2, 0.25) is 0 Å². The minimum absolute atomic E-state index is 0.0140. The highest BCUT2D eigenvalue weighted by molar-refractivity contribution is 6.09. The van der Waals surface area contributed by atoms with E-state index in [4.69, 9.17) is 5.73 Å². The second-order valence-electron chi connectivity index (χ2n) is 7.51. The number of H-pyrrole nitrogens is 1. The molecule has 158 valence electrons. The van der Waals surface area contributed by atoms with Crippen LogP contribution >= 0.6 is 0 Å². The lowest BCUT2D eigenvalue weighted by molar-refractivity contribution is 0.102. The quantitative estimate of drug-likeness (QED) is 0.479. The fraction of sp³-hybridized carbons (Fsp3) is 0.227. The maximum absolute atomic E-state index is 14.3. The second kappa shape index (κ2) is 8.36. The van der Waals surface area contributed by atoms with E-state index in [-0.39, 0.29) is 40.2 Å². The van der Waals surface area contributed by atoms with Gasteiger partial charge in [0, 0.05) is 16.7 Å². The predicted octanol–water partition coefficient (Wildman–Crippen LogP) is 2.24. The van der Waals surface area contributed by atoms with E-state index in [1.807, 2.05) is 6.07 Å². The summed E-state index contributed by atoms with van der Waals surface area (Å²) in [4.78, 5) is 44.5. The number of hydrogen-bond donors (Lipinski definition) is 2. The van der Waals surface area contributed by atoms with Gasteiger partial charge in [0.15, 0.2) is 0 Å². The van der Waals surface area contributed by atoms with Crippen molar-refractivity contribution in [3.05, 3.63) is 90.8 Å². The molecule has 0 saturated heterocycles. The third-order valence-corrected chi connectivity index (χ3v) is 4.76. The maximum atomic E-state index is 14.3. The highest BCUT2D eigenvalue weighted by Gasteiger charge is 2.25. The molecule has 9 heteroatoms. The average Bonchev–Trinajstić information content (AvgIpc) is 2.70. The van der Waals surface area contributed by atoms with Gasteiger partial charge in [-0.3, -0.25) is 19.1 Å². The van der Waals surface area contributed by atoms with Crippen molar-refractivity contribution in [2.24, 2.45) is 0 Å². The molecule has 0 aliphatic heterocycles. The lowest BCUT2D eigenvalue weighted by Gasteiger charge is -2.18. The largest absolute Gasteiger partial charge is 0.397 e. The van der Waals surface area contributed by atoms with Gasteiger partial charge in [-0.1, -0.05) is 13.8 Å². The minimum Gasteiger partial charge on any atom is -0.397 e. The Balaban J connectivity index is 2.32. The van der Waals surface area contributed by atoms with Gasteiger partial charge in [0.1, 0.15) is 5.69 Å². The summed E-state index contributed by atoms with van der Waals surface area (Å²) in [6.45, 7) is 4.77. The van der Waals surface area contributed by atoms with Crippen LogP contribution < -0.4 is 17.0 Å². The van der Waals surface area contributed by atoms with Crippen molar-refractivity contribution < 1.29 is 9.18 Å². The summed E-state index contributed by atoms with van der Waals surface area (Å²) in [6, 6.07) is 7.85. The third-order valence-electron chi connectivity index (χ3n) is 4.76. The number of pyridine rings is 1. The van der Waals surface area contributed by atoms with E-state index in [0.717, 1.165) is 10.8 Å². The van der Waals surface area contributed by atoms with Crippen LogP contribution in [0, 0.1) is 24.2 Å². The molecule has 0 fully saturated rings. The lowest BCUT2D eigenvalue weighted by atomic mass is 9.95. The molecule has 0 spiro atoms. The Morgan fingerprint density at radius 3 is 2.65 bits per heavy atom. The van der Waals surface area contributed by atoms with E-state index in [1.165, 1.54) is 12.1 Å². The molecule has 0 unspecified atom stereocenters. The molecule has 0 atom stereocenters. The number of nitrogen functional groups attached to an aromatic ring is 1. The number of aryl methyl sites for hydroxylation is 1. The molecule has 3 aromatic rings. The number of rotatable bonds is 5. The first-order valence-corrected chi connectivity index (χ1v) is 9.45. The highest BCUT2D eigenvalue weighted by Crippen LogP contribution is 2.21. The number of ketones is 1. The Morgan fingerprint density at radius 2 is 2.00 bits per heavy atom. The van der Waals surface area contributed by atoms with E-state index in [2.05, 4.69) is 9.97 Å². The zero-order valence-corrected chi connectivity index (χ0v) is 17.2. The molecule has 0 aliphatic rings. The van der Waals surface area contributed by atoms with Crippen LogP contribution in [0.4, 0.5) is 10.1 Å². The van der Waals surface area contributed by atoms with Crippen molar-refractivity contribution in [3.63, 3.8) is 0 Å². The highest BCUT2D eigenvalue weighted by atomic mass is 19.1. The number of aromatic nitrogens is 3. The fourth-order valence-electron chi connectivity index (χ4n) is 3.43. The summed E-state index contributed by atoms with van der Waals surface area (Å²) in [7, 11) is 0. The Kier molecular flexibility index (Phi) is 5.83. The molecular weight excluding hydrogens is 401 g/mol. The smallest absolute Gasteiger partial charge is 0.329 e. The fourth-order valence-corrected chi connectivity index (χ4v) is 3.43. The van der Waals surface area contributed by atoms with E-state index in [1.54, 1.807) is 32.9 Å². The van der Waals surface area contributed by atoms with Gasteiger partial charge in [0.2, 0.25) is 11.7 Å². The van der Waals surface area contributed by atoms with Crippen LogP contribution in [-0.4, -0.2) is 20.3 Å². The van der Waals surface area contributed by atoms with E-state index >= 15 is 0 Å². The molecule has 8 nitrogen and oxygen atoms in total. The first-order valence-electron chi connectivity index (χ1n) is 9.45. The SMILES string of the molecule is Cc1cc(C#N)cc(C(=O)c2c(C(C)C)c(=O)[nH]c(=O)n2Cc2cc(N)cnc2F)c1. The van der Waals surface area contributed by atoms with Crippen LogP contribution in [0.15, 0.2) is 40.1 Å². The normalized spacial score (nSPS) is 10.8. The second-order valence-corrected chi connectivity index (χ2v) is 7.51. The summed E-state index contributed by atoms with van der Waals surface area (Å²) in [5.74, 6) is -1.89. The number of carbonyl (C=O) groups excluding carboxylic acids is 1. The summed E-state index contributed by atoms with van der Waals surface area (Å²) in [6.07, 6.45) is 1.14. The Bertz CT molecular complexity index is 1350. The van der Waals surface area contributed by atoms with Crippen molar-refractivity contribution in [2.75, 3.05) is 5.73 Å². The van der Waals surface area contributed by atoms with Gasteiger partial charge in [0.25, 0.3) is 5.56 Å². The minimum atomic E-state index is -0.868. The molecular formula is C22H20FN5O3. The molecule has 3 N–H and O–H groups in total. The number of nitrogens with two attached hydrogens (primary N) is 1. The number of halogens is 1. The zero-order valence-electron chi connectivity index (χ0n) is 17.2. The van der Waals surface area contributed by atoms with E-state index in [0.29, 0.717) is 5.56 Å². The monoisotopic (exact) mass is 421 g/mol. The summed E-state index contributed by atoms with van der Waals surface area (Å²) >= 11 is 0. The summed E-state index contributed by atoms with van der Waals surface area (Å²) in [5, 5.41) is 9.24. The molecule has 2 aromatic heterocycles. The van der Waals surface area contributed by atoms with Crippen molar-refractivity contribution >= 4 is 11.5 Å². The number of nitriles is 1. The molecule has 1 aromatic carbocycles. The van der Waals surface area contributed by atoms with E-state index < -0.39 is 28.9 Å². The van der Waals surface area contributed by atoms with Crippen molar-refractivity contribution in [1.29, 1.82) is 5.26 Å². The molecule has 0 aliphatic carbocycles. The lowest BCUT2D eigenvalue weighted by Crippen LogP contribution is -2.38. The third kappa shape index (κ3) is 4.28. The van der Waals surface area contributed by atoms with Gasteiger partial charge in [-0.2, -0.15) is 9.65 Å². The Labute approximate surface area is 176 Å². The van der Waals surface area contributed by atoms with Crippen molar-refractivity contribution in [1.82, 2.24) is 14.5 Å². The van der Waals surface area contributed by atoms with Crippen LogP contribution in [-0.2, 0) is 6.54 Å². The predicted molar refractivity (Wildman–Crippen MR) is 112 cm³/mol. The zero-order chi connectivity index (χ0) is 22.9. The standard InChI is InChI=1S/C22H20FN5O3/c1-11(2)17-18(19(29)14-5-12(3)4-13(6-14)8-24)28(22(31)27-21(17)30)10-15-7-16(25)9-26-20(15)23/h4-7,9,11H,10,25H2,1-3H3,(H,27,30,31). The first-order chi connectivity index (χ1) is 14.6. The molecule has 3 rings (SSSR count). The number of hydrogen-bond acceptors (Lipinski definition) is 6. The van der Waals surface area contributed by atoms with E-state index in [9.17, 15) is 24.0 Å². The molecule has 2 heterocycles. The van der Waals surface area contributed by atoms with Gasteiger partial charge in [0.05, 0.1) is 30.1 Å². The van der Waals surface area contributed by atoms with Gasteiger partial charge >= 0.3 is 5.69 Å². The van der Waals surface area contributed by atoms with Crippen LogP contribution in [0.3, 0.4) is 0 Å². The van der Waals surface area contributed by atoms with Crippen molar-refractivity contribution in [3.8, 4) is 6.07 Å². The molecule has 0 amide bonds. The van der Waals surface area contributed by atoms with Gasteiger partial charge < -0.3 is 5.73 Å². The molecule has 0 radical (unpaired) electrons. The number of nitrogens with zero attached hydrogens (tertiary/aromatic N) is 3. The number of nitrogens with one attached hydrogen (secondary N) is 1. The molecule has 31 heavy (non-hydrogen) atoms. The Hall–Kier alpha value is -4.06. The summed E-state index contributed by atoms with van der Waals surface area (Å²) in [5.41, 5.74) is 5.28.